The maximum Gasteiger partial charge on any atom is 0.222 e. The van der Waals surface area contributed by atoms with Gasteiger partial charge in [-0.15, -0.1) is 0 Å². The summed E-state index contributed by atoms with van der Waals surface area (Å²) >= 11 is 5.68. The number of aryl methyl sites for hydroxylation is 1. The molecule has 0 amide bonds. The average molecular weight is 158 g/mol. The van der Waals surface area contributed by atoms with Crippen LogP contribution in [0.3, 0.4) is 0 Å². The lowest BCUT2D eigenvalue weighted by atomic mass is 10.4. The minimum atomic E-state index is 0.596. The molecule has 1 heterocycles. The number of halogens is 1. The van der Waals surface area contributed by atoms with Gasteiger partial charge in [0.1, 0.15) is 0 Å². The predicted molar refractivity (Wildman–Crippen MR) is 41.3 cm³/mol. The molecule has 0 saturated heterocycles. The van der Waals surface area contributed by atoms with Crippen LogP contribution in [0.15, 0.2) is 6.20 Å². The third-order valence-electron chi connectivity index (χ3n) is 1.14. The first-order chi connectivity index (χ1) is 4.74. The van der Waals surface area contributed by atoms with Gasteiger partial charge in [-0.3, -0.25) is 0 Å². The molecule has 0 aromatic carbocycles. The minimum Gasteiger partial charge on any atom is -0.357 e. The summed E-state index contributed by atoms with van der Waals surface area (Å²) in [6, 6.07) is 0. The van der Waals surface area contributed by atoms with E-state index < -0.39 is 0 Å². The molecule has 0 bridgehead atoms. The van der Waals surface area contributed by atoms with Gasteiger partial charge in [0.2, 0.25) is 5.95 Å². The van der Waals surface area contributed by atoms with Gasteiger partial charge in [0, 0.05) is 7.05 Å². The maximum absolute atomic E-state index is 5.68. The second-order valence-electron chi connectivity index (χ2n) is 1.88. The van der Waals surface area contributed by atoms with E-state index in [4.69, 9.17) is 11.6 Å². The zero-order chi connectivity index (χ0) is 7.56. The fourth-order valence-corrected chi connectivity index (χ4v) is 0.664. The summed E-state index contributed by atoms with van der Waals surface area (Å²) in [7, 11) is 1.77. The molecular weight excluding hydrogens is 150 g/mol. The molecule has 1 N–H and O–H groups in total. The molecule has 0 aliphatic carbocycles. The highest BCUT2D eigenvalue weighted by Crippen LogP contribution is 2.11. The highest BCUT2D eigenvalue weighted by molar-refractivity contribution is 6.31. The highest BCUT2D eigenvalue weighted by atomic mass is 35.5. The van der Waals surface area contributed by atoms with E-state index in [2.05, 4.69) is 15.3 Å². The molecule has 0 saturated carbocycles. The molecule has 3 nitrogen and oxygen atoms in total. The first-order valence-corrected chi connectivity index (χ1v) is 3.28. The summed E-state index contributed by atoms with van der Waals surface area (Å²) in [6.45, 7) is 1.84. The molecule has 54 valence electrons. The molecule has 0 unspecified atom stereocenters. The van der Waals surface area contributed by atoms with Crippen LogP contribution in [-0.4, -0.2) is 17.0 Å². The van der Waals surface area contributed by atoms with Crippen molar-refractivity contribution >= 4 is 17.5 Å². The fourth-order valence-electron chi connectivity index (χ4n) is 0.573. The van der Waals surface area contributed by atoms with Crippen LogP contribution in [0, 0.1) is 6.92 Å². The fraction of sp³-hybridized carbons (Fsp3) is 0.333. The minimum absolute atomic E-state index is 0.596. The SMILES string of the molecule is CNc1ncc(Cl)c(C)n1. The lowest BCUT2D eigenvalue weighted by Crippen LogP contribution is -1.96. The van der Waals surface area contributed by atoms with Gasteiger partial charge in [0.25, 0.3) is 0 Å². The molecule has 1 rings (SSSR count). The average Bonchev–Trinajstić information content (AvgIpc) is 1.95. The maximum atomic E-state index is 5.68. The van der Waals surface area contributed by atoms with Crippen LogP contribution in [0.2, 0.25) is 5.02 Å². The van der Waals surface area contributed by atoms with Crippen molar-refractivity contribution < 1.29 is 0 Å². The first kappa shape index (κ1) is 7.28. The van der Waals surface area contributed by atoms with Gasteiger partial charge < -0.3 is 5.32 Å². The number of anilines is 1. The normalized spacial score (nSPS) is 9.50. The van der Waals surface area contributed by atoms with E-state index in [1.54, 1.807) is 13.2 Å². The number of aromatic nitrogens is 2. The van der Waals surface area contributed by atoms with Gasteiger partial charge in [-0.25, -0.2) is 9.97 Å². The van der Waals surface area contributed by atoms with Gasteiger partial charge >= 0.3 is 0 Å². The second-order valence-corrected chi connectivity index (χ2v) is 2.28. The largest absolute Gasteiger partial charge is 0.357 e. The van der Waals surface area contributed by atoms with Crippen LogP contribution >= 0.6 is 11.6 Å². The van der Waals surface area contributed by atoms with Crippen molar-refractivity contribution in [1.82, 2.24) is 9.97 Å². The van der Waals surface area contributed by atoms with Crippen molar-refractivity contribution in [3.05, 3.63) is 16.9 Å². The summed E-state index contributed by atoms with van der Waals surface area (Å²) in [5.41, 5.74) is 0.793. The number of rotatable bonds is 1. The van der Waals surface area contributed by atoms with Crippen molar-refractivity contribution in [2.75, 3.05) is 12.4 Å². The summed E-state index contributed by atoms with van der Waals surface area (Å²) in [5, 5.41) is 3.41. The van der Waals surface area contributed by atoms with Gasteiger partial charge in [-0.05, 0) is 6.92 Å². The van der Waals surface area contributed by atoms with Crippen LogP contribution in [0.25, 0.3) is 0 Å². The van der Waals surface area contributed by atoms with Gasteiger partial charge in [0.15, 0.2) is 0 Å². The molecule has 10 heavy (non-hydrogen) atoms. The Hall–Kier alpha value is -0.830. The Balaban J connectivity index is 3.04. The molecule has 0 atom stereocenters. The van der Waals surface area contributed by atoms with E-state index in [1.807, 2.05) is 6.92 Å². The molecule has 0 spiro atoms. The second kappa shape index (κ2) is 2.84. The number of hydrogen-bond acceptors (Lipinski definition) is 3. The molecule has 1 aromatic heterocycles. The Morgan fingerprint density at radius 3 is 2.80 bits per heavy atom. The van der Waals surface area contributed by atoms with E-state index in [0.29, 0.717) is 11.0 Å². The lowest BCUT2D eigenvalue weighted by molar-refractivity contribution is 1.09. The van der Waals surface area contributed by atoms with E-state index in [-0.39, 0.29) is 0 Å². The zero-order valence-electron chi connectivity index (χ0n) is 5.85. The van der Waals surface area contributed by atoms with Crippen LogP contribution in [0.4, 0.5) is 5.95 Å². The number of nitrogens with zero attached hydrogens (tertiary/aromatic N) is 2. The van der Waals surface area contributed by atoms with Crippen molar-refractivity contribution in [1.29, 1.82) is 0 Å². The van der Waals surface area contributed by atoms with Crippen LogP contribution in [0.1, 0.15) is 5.69 Å². The Bertz CT molecular complexity index is 236. The van der Waals surface area contributed by atoms with Gasteiger partial charge in [0.05, 0.1) is 16.9 Å². The van der Waals surface area contributed by atoms with Crippen molar-refractivity contribution in [3.8, 4) is 0 Å². The highest BCUT2D eigenvalue weighted by Gasteiger charge is 1.96. The predicted octanol–water partition coefficient (Wildman–Crippen LogP) is 1.48. The zero-order valence-corrected chi connectivity index (χ0v) is 6.61. The summed E-state index contributed by atoms with van der Waals surface area (Å²) in [4.78, 5) is 7.94. The Kier molecular flexibility index (Phi) is 2.06. The topological polar surface area (TPSA) is 37.8 Å². The van der Waals surface area contributed by atoms with E-state index in [1.165, 1.54) is 0 Å². The van der Waals surface area contributed by atoms with E-state index in [9.17, 15) is 0 Å². The standard InChI is InChI=1S/C6H8ClN3/c1-4-5(7)3-9-6(8-2)10-4/h3H,1-2H3,(H,8,9,10). The van der Waals surface area contributed by atoms with Crippen LogP contribution in [-0.2, 0) is 0 Å². The summed E-state index contributed by atoms with van der Waals surface area (Å²) in [5.74, 6) is 0.599. The van der Waals surface area contributed by atoms with E-state index >= 15 is 0 Å². The van der Waals surface area contributed by atoms with Crippen molar-refractivity contribution in [2.24, 2.45) is 0 Å². The van der Waals surface area contributed by atoms with Crippen LogP contribution < -0.4 is 5.32 Å². The van der Waals surface area contributed by atoms with Gasteiger partial charge in [-0.2, -0.15) is 0 Å². The smallest absolute Gasteiger partial charge is 0.222 e. The molecule has 4 heteroatoms. The summed E-state index contributed by atoms with van der Waals surface area (Å²) in [6.07, 6.45) is 1.58. The monoisotopic (exact) mass is 157 g/mol. The number of hydrogen-bond donors (Lipinski definition) is 1. The molecule has 1 aromatic rings. The molecule has 0 radical (unpaired) electrons. The molecule has 0 fully saturated rings. The molecule has 0 aliphatic rings. The van der Waals surface area contributed by atoms with Crippen molar-refractivity contribution in [3.63, 3.8) is 0 Å². The molecular formula is C6H8ClN3. The lowest BCUT2D eigenvalue weighted by Gasteiger charge is -1.98. The van der Waals surface area contributed by atoms with Gasteiger partial charge in [-0.1, -0.05) is 11.6 Å². The summed E-state index contributed by atoms with van der Waals surface area (Å²) < 4.78 is 0. The third kappa shape index (κ3) is 1.36. The Labute approximate surface area is 64.5 Å². The number of nitrogens with one attached hydrogen (secondary N) is 1. The molecule has 0 aliphatic heterocycles. The quantitative estimate of drug-likeness (QED) is 0.671. The Morgan fingerprint density at radius 2 is 2.30 bits per heavy atom. The van der Waals surface area contributed by atoms with E-state index in [0.717, 1.165) is 5.69 Å². The third-order valence-corrected chi connectivity index (χ3v) is 1.51. The van der Waals surface area contributed by atoms with Crippen molar-refractivity contribution in [2.45, 2.75) is 6.92 Å². The van der Waals surface area contributed by atoms with Crippen LogP contribution in [0.5, 0.6) is 0 Å². The Morgan fingerprint density at radius 1 is 1.60 bits per heavy atom. The first-order valence-electron chi connectivity index (χ1n) is 2.91.